The van der Waals surface area contributed by atoms with Crippen molar-refractivity contribution in [2.45, 2.75) is 18.9 Å². The van der Waals surface area contributed by atoms with Crippen LogP contribution in [0.2, 0.25) is 5.02 Å². The number of benzene rings is 1. The van der Waals surface area contributed by atoms with Crippen molar-refractivity contribution in [1.29, 1.82) is 0 Å². The molecule has 108 valence electrons. The maximum Gasteiger partial charge on any atom is 0.339 e. The van der Waals surface area contributed by atoms with Crippen molar-refractivity contribution >= 4 is 29.3 Å². The Morgan fingerprint density at radius 3 is 2.85 bits per heavy atom. The molecular formula is C13H16ClN3O3. The zero-order chi connectivity index (χ0) is 14.7. The van der Waals surface area contributed by atoms with Gasteiger partial charge in [-0.25, -0.2) is 9.59 Å². The summed E-state index contributed by atoms with van der Waals surface area (Å²) in [5.41, 5.74) is 5.90. The van der Waals surface area contributed by atoms with E-state index in [1.54, 1.807) is 11.0 Å². The molecule has 0 spiro atoms. The van der Waals surface area contributed by atoms with E-state index in [-0.39, 0.29) is 28.3 Å². The summed E-state index contributed by atoms with van der Waals surface area (Å²) in [5, 5.41) is 11.8. The van der Waals surface area contributed by atoms with E-state index in [4.69, 9.17) is 22.4 Å². The fourth-order valence-electron chi connectivity index (χ4n) is 2.23. The molecule has 2 amide bonds. The van der Waals surface area contributed by atoms with Gasteiger partial charge in [-0.15, -0.1) is 0 Å². The number of halogens is 1. The number of anilines is 1. The van der Waals surface area contributed by atoms with Crippen molar-refractivity contribution < 1.29 is 14.7 Å². The molecule has 20 heavy (non-hydrogen) atoms. The first-order valence-corrected chi connectivity index (χ1v) is 6.70. The number of carbonyl (C=O) groups excluding carboxylic acids is 1. The molecular weight excluding hydrogens is 282 g/mol. The number of likely N-dealkylation sites (tertiary alicyclic amines) is 1. The zero-order valence-electron chi connectivity index (χ0n) is 10.8. The third kappa shape index (κ3) is 3.20. The van der Waals surface area contributed by atoms with Crippen molar-refractivity contribution in [2.75, 3.05) is 18.4 Å². The predicted octanol–water partition coefficient (Wildman–Crippen LogP) is 1.99. The van der Waals surface area contributed by atoms with Crippen LogP contribution in [0.25, 0.3) is 0 Å². The van der Waals surface area contributed by atoms with Crippen LogP contribution in [0.4, 0.5) is 10.5 Å². The third-order valence-corrected chi connectivity index (χ3v) is 3.53. The second-order valence-corrected chi connectivity index (χ2v) is 5.15. The molecule has 1 atom stereocenters. The Labute approximate surface area is 121 Å². The molecule has 1 aromatic rings. The lowest BCUT2D eigenvalue weighted by atomic mass is 10.1. The summed E-state index contributed by atoms with van der Waals surface area (Å²) in [4.78, 5) is 24.9. The number of carbonyl (C=O) groups is 2. The first-order chi connectivity index (χ1) is 9.49. The van der Waals surface area contributed by atoms with Crippen LogP contribution in [-0.2, 0) is 0 Å². The van der Waals surface area contributed by atoms with Crippen molar-refractivity contribution in [3.8, 4) is 0 Å². The molecule has 0 bridgehead atoms. The fraction of sp³-hybridized carbons (Fsp3) is 0.385. The largest absolute Gasteiger partial charge is 0.478 e. The highest BCUT2D eigenvalue weighted by Crippen LogP contribution is 2.25. The molecule has 6 nitrogen and oxygen atoms in total. The van der Waals surface area contributed by atoms with E-state index in [1.165, 1.54) is 12.1 Å². The summed E-state index contributed by atoms with van der Waals surface area (Å²) in [6, 6.07) is 4.18. The zero-order valence-corrected chi connectivity index (χ0v) is 11.6. The first-order valence-electron chi connectivity index (χ1n) is 6.32. The van der Waals surface area contributed by atoms with Crippen LogP contribution >= 0.6 is 11.6 Å². The minimum atomic E-state index is -1.18. The number of hydrogen-bond acceptors (Lipinski definition) is 3. The number of carboxylic acid groups (broad SMARTS) is 1. The molecule has 1 aliphatic rings. The molecule has 2 rings (SSSR count). The summed E-state index contributed by atoms with van der Waals surface area (Å²) >= 11 is 5.85. The fourth-order valence-corrected chi connectivity index (χ4v) is 2.49. The van der Waals surface area contributed by atoms with Crippen LogP contribution in [0, 0.1) is 0 Å². The SMILES string of the molecule is NC1CCCN(C(=O)Nc2cccc(Cl)c2C(=O)O)C1. The molecule has 4 N–H and O–H groups in total. The average molecular weight is 298 g/mol. The molecule has 1 saturated heterocycles. The quantitative estimate of drug-likeness (QED) is 0.778. The van der Waals surface area contributed by atoms with Gasteiger partial charge in [0.2, 0.25) is 0 Å². The Morgan fingerprint density at radius 1 is 1.45 bits per heavy atom. The highest BCUT2D eigenvalue weighted by atomic mass is 35.5. The Hall–Kier alpha value is -1.79. The summed E-state index contributed by atoms with van der Waals surface area (Å²) in [5.74, 6) is -1.18. The summed E-state index contributed by atoms with van der Waals surface area (Å²) in [6.07, 6.45) is 1.73. The van der Waals surface area contributed by atoms with Crippen LogP contribution in [0.5, 0.6) is 0 Å². The topological polar surface area (TPSA) is 95.7 Å². The summed E-state index contributed by atoms with van der Waals surface area (Å²) in [7, 11) is 0. The molecule has 0 radical (unpaired) electrons. The molecule has 1 aliphatic heterocycles. The van der Waals surface area contributed by atoms with Gasteiger partial charge in [0.25, 0.3) is 0 Å². The lowest BCUT2D eigenvalue weighted by molar-refractivity contribution is 0.0698. The van der Waals surface area contributed by atoms with Crippen LogP contribution < -0.4 is 11.1 Å². The molecule has 0 aromatic heterocycles. The van der Waals surface area contributed by atoms with Crippen LogP contribution in [0.15, 0.2) is 18.2 Å². The van der Waals surface area contributed by atoms with E-state index >= 15 is 0 Å². The number of piperidine rings is 1. The number of hydrogen-bond donors (Lipinski definition) is 3. The molecule has 1 aromatic carbocycles. The predicted molar refractivity (Wildman–Crippen MR) is 76.2 cm³/mol. The normalized spacial score (nSPS) is 18.7. The Kier molecular flexibility index (Phi) is 4.46. The van der Waals surface area contributed by atoms with Gasteiger partial charge in [-0.3, -0.25) is 0 Å². The number of aromatic carboxylic acids is 1. The van der Waals surface area contributed by atoms with E-state index in [0.29, 0.717) is 13.1 Å². The van der Waals surface area contributed by atoms with Gasteiger partial charge in [-0.1, -0.05) is 17.7 Å². The number of nitrogens with two attached hydrogens (primary N) is 1. The van der Waals surface area contributed by atoms with Gasteiger partial charge >= 0.3 is 12.0 Å². The van der Waals surface area contributed by atoms with Crippen molar-refractivity contribution in [3.63, 3.8) is 0 Å². The number of carboxylic acids is 1. The van der Waals surface area contributed by atoms with Gasteiger partial charge in [-0.05, 0) is 25.0 Å². The Balaban J connectivity index is 2.15. The maximum atomic E-state index is 12.1. The lowest BCUT2D eigenvalue weighted by Gasteiger charge is -2.30. The first kappa shape index (κ1) is 14.6. The number of nitrogens with one attached hydrogen (secondary N) is 1. The van der Waals surface area contributed by atoms with E-state index in [9.17, 15) is 9.59 Å². The monoisotopic (exact) mass is 297 g/mol. The smallest absolute Gasteiger partial charge is 0.339 e. The third-order valence-electron chi connectivity index (χ3n) is 3.21. The van der Waals surface area contributed by atoms with Gasteiger partial charge in [0.1, 0.15) is 5.56 Å². The van der Waals surface area contributed by atoms with Crippen molar-refractivity contribution in [1.82, 2.24) is 4.90 Å². The lowest BCUT2D eigenvalue weighted by Crippen LogP contribution is -2.47. The van der Waals surface area contributed by atoms with E-state index in [0.717, 1.165) is 12.8 Å². The number of urea groups is 1. The number of amides is 2. The van der Waals surface area contributed by atoms with Crippen LogP contribution in [0.3, 0.4) is 0 Å². The van der Waals surface area contributed by atoms with E-state index < -0.39 is 5.97 Å². The van der Waals surface area contributed by atoms with Gasteiger partial charge in [-0.2, -0.15) is 0 Å². The van der Waals surface area contributed by atoms with E-state index in [1.807, 2.05) is 0 Å². The van der Waals surface area contributed by atoms with Gasteiger partial charge in [0, 0.05) is 19.1 Å². The van der Waals surface area contributed by atoms with Gasteiger partial charge < -0.3 is 21.1 Å². The van der Waals surface area contributed by atoms with Crippen molar-refractivity contribution in [2.24, 2.45) is 5.73 Å². The molecule has 0 aliphatic carbocycles. The minimum absolute atomic E-state index is 0.0344. The van der Waals surface area contributed by atoms with E-state index in [2.05, 4.69) is 5.32 Å². The van der Waals surface area contributed by atoms with Gasteiger partial charge in [0.15, 0.2) is 0 Å². The minimum Gasteiger partial charge on any atom is -0.478 e. The molecule has 1 heterocycles. The second-order valence-electron chi connectivity index (χ2n) is 4.75. The maximum absolute atomic E-state index is 12.1. The van der Waals surface area contributed by atoms with Gasteiger partial charge in [0.05, 0.1) is 10.7 Å². The van der Waals surface area contributed by atoms with Crippen LogP contribution in [-0.4, -0.2) is 41.1 Å². The Morgan fingerprint density at radius 2 is 2.20 bits per heavy atom. The summed E-state index contributed by atoms with van der Waals surface area (Å²) in [6.45, 7) is 1.08. The van der Waals surface area contributed by atoms with Crippen LogP contribution in [0.1, 0.15) is 23.2 Å². The molecule has 0 saturated carbocycles. The average Bonchev–Trinajstić information content (AvgIpc) is 2.38. The second kappa shape index (κ2) is 6.11. The number of rotatable bonds is 2. The molecule has 1 unspecified atom stereocenters. The summed E-state index contributed by atoms with van der Waals surface area (Å²) < 4.78 is 0. The standard InChI is InChI=1S/C13H16ClN3O3/c14-9-4-1-5-10(11(9)12(18)19)16-13(20)17-6-2-3-8(15)7-17/h1,4-5,8H,2-3,6-7,15H2,(H,16,20)(H,18,19). The number of nitrogens with zero attached hydrogens (tertiary/aromatic N) is 1. The van der Waals surface area contributed by atoms with Crippen molar-refractivity contribution in [3.05, 3.63) is 28.8 Å². The Bertz CT molecular complexity index is 536. The highest BCUT2D eigenvalue weighted by molar-refractivity contribution is 6.34. The highest BCUT2D eigenvalue weighted by Gasteiger charge is 2.23. The molecule has 7 heteroatoms. The molecule has 1 fully saturated rings.